The number of carbonyl (C=O) groups is 2. The zero-order valence-corrected chi connectivity index (χ0v) is 13.1. The van der Waals surface area contributed by atoms with E-state index in [2.05, 4.69) is 9.80 Å². The van der Waals surface area contributed by atoms with Crippen LogP contribution in [-0.2, 0) is 0 Å². The van der Waals surface area contributed by atoms with Crippen LogP contribution in [0.2, 0.25) is 0 Å². The molecule has 2 N–H and O–H groups in total. The molecule has 0 bridgehead atoms. The molecular formula is C18H18N2O4. The van der Waals surface area contributed by atoms with Crippen LogP contribution in [-0.4, -0.2) is 48.3 Å². The Labute approximate surface area is 139 Å². The largest absolute Gasteiger partial charge is 0.478 e. The van der Waals surface area contributed by atoms with Gasteiger partial charge < -0.3 is 20.0 Å². The monoisotopic (exact) mass is 326 g/mol. The molecule has 6 heteroatoms. The number of rotatable bonds is 4. The first-order valence-corrected chi connectivity index (χ1v) is 7.71. The van der Waals surface area contributed by atoms with Gasteiger partial charge in [-0.25, -0.2) is 9.59 Å². The summed E-state index contributed by atoms with van der Waals surface area (Å²) in [5.74, 6) is -1.84. The Hall–Kier alpha value is -3.02. The second-order valence-corrected chi connectivity index (χ2v) is 5.68. The van der Waals surface area contributed by atoms with Crippen LogP contribution in [0.25, 0.3) is 0 Å². The first-order valence-electron chi connectivity index (χ1n) is 7.71. The van der Waals surface area contributed by atoms with Gasteiger partial charge in [-0.3, -0.25) is 0 Å². The van der Waals surface area contributed by atoms with Crippen LogP contribution < -0.4 is 9.80 Å². The molecule has 1 aliphatic heterocycles. The molecule has 0 aliphatic carbocycles. The van der Waals surface area contributed by atoms with Crippen LogP contribution >= 0.6 is 0 Å². The SMILES string of the molecule is O=C(O)c1ccc(N2CCN(c3ccc(C(=O)O)cc3)CC2)cc1. The summed E-state index contributed by atoms with van der Waals surface area (Å²) in [6, 6.07) is 13.8. The van der Waals surface area contributed by atoms with Gasteiger partial charge in [0.15, 0.2) is 0 Å². The Kier molecular flexibility index (Phi) is 4.37. The normalized spacial score (nSPS) is 14.5. The molecule has 0 amide bonds. The standard InChI is InChI=1S/C18H18N2O4/c21-17(22)13-1-5-15(6-2-13)19-9-11-20(12-10-19)16-7-3-14(4-8-16)18(23)24/h1-8H,9-12H2,(H,21,22)(H,23,24). The molecule has 2 aromatic carbocycles. The summed E-state index contributed by atoms with van der Waals surface area (Å²) in [6.07, 6.45) is 0. The maximum Gasteiger partial charge on any atom is 0.335 e. The molecule has 0 saturated carbocycles. The second kappa shape index (κ2) is 6.62. The number of carboxylic acids is 2. The quantitative estimate of drug-likeness (QED) is 0.898. The highest BCUT2D eigenvalue weighted by atomic mass is 16.4. The lowest BCUT2D eigenvalue weighted by Crippen LogP contribution is -2.46. The van der Waals surface area contributed by atoms with Crippen molar-refractivity contribution in [3.05, 3.63) is 59.7 Å². The Morgan fingerprint density at radius 2 is 0.917 bits per heavy atom. The number of piperazine rings is 1. The molecule has 0 spiro atoms. The average molecular weight is 326 g/mol. The van der Waals surface area contributed by atoms with E-state index in [-0.39, 0.29) is 11.1 Å². The molecule has 24 heavy (non-hydrogen) atoms. The van der Waals surface area contributed by atoms with E-state index in [1.165, 1.54) is 0 Å². The molecule has 1 saturated heterocycles. The fourth-order valence-electron chi connectivity index (χ4n) is 2.85. The van der Waals surface area contributed by atoms with Crippen LogP contribution in [0.15, 0.2) is 48.5 Å². The minimum absolute atomic E-state index is 0.288. The van der Waals surface area contributed by atoms with E-state index in [0.717, 1.165) is 37.6 Å². The third-order valence-electron chi connectivity index (χ3n) is 4.24. The number of benzene rings is 2. The number of carboxylic acid groups (broad SMARTS) is 2. The molecule has 0 aromatic heterocycles. The maximum absolute atomic E-state index is 10.9. The van der Waals surface area contributed by atoms with Crippen molar-refractivity contribution in [2.75, 3.05) is 36.0 Å². The molecule has 0 unspecified atom stereocenters. The van der Waals surface area contributed by atoms with Gasteiger partial charge in [0, 0.05) is 37.6 Å². The molecule has 1 fully saturated rings. The molecule has 0 radical (unpaired) electrons. The van der Waals surface area contributed by atoms with Crippen molar-refractivity contribution in [3.8, 4) is 0 Å². The van der Waals surface area contributed by atoms with Crippen molar-refractivity contribution in [1.29, 1.82) is 0 Å². The van der Waals surface area contributed by atoms with Crippen molar-refractivity contribution >= 4 is 23.3 Å². The lowest BCUT2D eigenvalue weighted by molar-refractivity contribution is 0.0686. The number of aromatic carboxylic acids is 2. The van der Waals surface area contributed by atoms with Crippen molar-refractivity contribution in [2.45, 2.75) is 0 Å². The van der Waals surface area contributed by atoms with Gasteiger partial charge in [-0.05, 0) is 48.5 Å². The highest BCUT2D eigenvalue weighted by Gasteiger charge is 2.18. The maximum atomic E-state index is 10.9. The van der Waals surface area contributed by atoms with Crippen LogP contribution in [0, 0.1) is 0 Å². The van der Waals surface area contributed by atoms with Crippen molar-refractivity contribution in [2.24, 2.45) is 0 Å². The summed E-state index contributed by atoms with van der Waals surface area (Å²) < 4.78 is 0. The van der Waals surface area contributed by atoms with E-state index in [1.807, 2.05) is 24.3 Å². The topological polar surface area (TPSA) is 81.1 Å². The highest BCUT2D eigenvalue weighted by molar-refractivity contribution is 5.88. The molecule has 2 aromatic rings. The van der Waals surface area contributed by atoms with Gasteiger partial charge in [0.2, 0.25) is 0 Å². The van der Waals surface area contributed by atoms with Gasteiger partial charge in [0.05, 0.1) is 11.1 Å². The van der Waals surface area contributed by atoms with Crippen LogP contribution in [0.1, 0.15) is 20.7 Å². The predicted molar refractivity (Wildman–Crippen MR) is 91.2 cm³/mol. The average Bonchev–Trinajstić information content (AvgIpc) is 2.62. The fraction of sp³-hybridized carbons (Fsp3) is 0.222. The first kappa shape index (κ1) is 15.9. The molecule has 1 aliphatic rings. The summed E-state index contributed by atoms with van der Waals surface area (Å²) in [4.78, 5) is 26.2. The number of hydrogen-bond acceptors (Lipinski definition) is 4. The first-order chi connectivity index (χ1) is 11.5. The summed E-state index contributed by atoms with van der Waals surface area (Å²) >= 11 is 0. The van der Waals surface area contributed by atoms with E-state index in [9.17, 15) is 9.59 Å². The molecule has 0 atom stereocenters. The Bertz CT molecular complexity index is 667. The van der Waals surface area contributed by atoms with Crippen molar-refractivity contribution in [3.63, 3.8) is 0 Å². The molecular weight excluding hydrogens is 308 g/mol. The van der Waals surface area contributed by atoms with Crippen LogP contribution in [0.5, 0.6) is 0 Å². The minimum Gasteiger partial charge on any atom is -0.478 e. The van der Waals surface area contributed by atoms with E-state index >= 15 is 0 Å². The zero-order valence-electron chi connectivity index (χ0n) is 13.1. The van der Waals surface area contributed by atoms with Crippen molar-refractivity contribution < 1.29 is 19.8 Å². The fourth-order valence-corrected chi connectivity index (χ4v) is 2.85. The lowest BCUT2D eigenvalue weighted by atomic mass is 10.1. The van der Waals surface area contributed by atoms with Crippen LogP contribution in [0.4, 0.5) is 11.4 Å². The molecule has 3 rings (SSSR count). The van der Waals surface area contributed by atoms with Gasteiger partial charge in [0.25, 0.3) is 0 Å². The minimum atomic E-state index is -0.920. The van der Waals surface area contributed by atoms with Crippen molar-refractivity contribution in [1.82, 2.24) is 0 Å². The highest BCUT2D eigenvalue weighted by Crippen LogP contribution is 2.21. The van der Waals surface area contributed by atoms with Gasteiger partial charge >= 0.3 is 11.9 Å². The molecule has 124 valence electrons. The molecule has 1 heterocycles. The summed E-state index contributed by atoms with van der Waals surface area (Å²) in [7, 11) is 0. The van der Waals surface area contributed by atoms with Crippen LogP contribution in [0.3, 0.4) is 0 Å². The van der Waals surface area contributed by atoms with E-state index in [0.29, 0.717) is 0 Å². The third-order valence-corrected chi connectivity index (χ3v) is 4.24. The zero-order chi connectivity index (χ0) is 17.1. The summed E-state index contributed by atoms with van der Waals surface area (Å²) in [6.45, 7) is 3.31. The third kappa shape index (κ3) is 3.32. The summed E-state index contributed by atoms with van der Waals surface area (Å²) in [5.41, 5.74) is 2.61. The van der Waals surface area contributed by atoms with E-state index in [4.69, 9.17) is 10.2 Å². The van der Waals surface area contributed by atoms with Gasteiger partial charge in [0.1, 0.15) is 0 Å². The lowest BCUT2D eigenvalue weighted by Gasteiger charge is -2.37. The van der Waals surface area contributed by atoms with E-state index < -0.39 is 11.9 Å². The number of hydrogen-bond donors (Lipinski definition) is 2. The van der Waals surface area contributed by atoms with Gasteiger partial charge in [-0.1, -0.05) is 0 Å². The Morgan fingerprint density at radius 3 is 1.17 bits per heavy atom. The van der Waals surface area contributed by atoms with Gasteiger partial charge in [-0.2, -0.15) is 0 Å². The Morgan fingerprint density at radius 1 is 0.625 bits per heavy atom. The second-order valence-electron chi connectivity index (χ2n) is 5.68. The number of anilines is 2. The van der Waals surface area contributed by atoms with E-state index in [1.54, 1.807) is 24.3 Å². The number of nitrogens with zero attached hydrogens (tertiary/aromatic N) is 2. The molecule has 6 nitrogen and oxygen atoms in total. The van der Waals surface area contributed by atoms with Gasteiger partial charge in [-0.15, -0.1) is 0 Å². The summed E-state index contributed by atoms with van der Waals surface area (Å²) in [5, 5.41) is 17.9. The smallest absolute Gasteiger partial charge is 0.335 e. The Balaban J connectivity index is 1.62. The predicted octanol–water partition coefficient (Wildman–Crippen LogP) is 2.41.